The molecule has 1 amide bonds. The second-order valence-electron chi connectivity index (χ2n) is 3.19. The lowest BCUT2D eigenvalue weighted by Gasteiger charge is -2.12. The zero-order valence-electron chi connectivity index (χ0n) is 8.47. The number of nitrogens with one attached hydrogen (secondary N) is 1. The quantitative estimate of drug-likeness (QED) is 0.835. The summed E-state index contributed by atoms with van der Waals surface area (Å²) < 4.78 is 3.11. The molecule has 16 heavy (non-hydrogen) atoms. The van der Waals surface area contributed by atoms with E-state index in [-0.39, 0.29) is 6.61 Å². The molecule has 0 spiro atoms. The van der Waals surface area contributed by atoms with Crippen molar-refractivity contribution < 1.29 is 9.53 Å². The predicted octanol–water partition coefficient (Wildman–Crippen LogP) is 3.91. The topological polar surface area (TPSA) is 38.3 Å². The second kappa shape index (κ2) is 5.62. The van der Waals surface area contributed by atoms with Crippen molar-refractivity contribution in [3.8, 4) is 0 Å². The zero-order valence-corrected chi connectivity index (χ0v) is 10.7. The first kappa shape index (κ1) is 13.4. The monoisotopic (exact) mass is 281 g/mol. The van der Waals surface area contributed by atoms with Gasteiger partial charge in [0.2, 0.25) is 3.79 Å². The first-order chi connectivity index (χ1) is 7.37. The Hall–Kier alpha value is -0.640. The molecule has 0 unspecified atom stereocenters. The average Bonchev–Trinajstić information content (AvgIpc) is 2.14. The lowest BCUT2D eigenvalue weighted by molar-refractivity contribution is 0.164. The molecular weight excluding hydrogens is 272 g/mol. The first-order valence-corrected chi connectivity index (χ1v) is 5.57. The molecule has 0 saturated heterocycles. The van der Waals surface area contributed by atoms with E-state index in [1.165, 1.54) is 0 Å². The first-order valence-electron chi connectivity index (χ1n) is 4.44. The highest BCUT2D eigenvalue weighted by Crippen LogP contribution is 2.26. The number of carbonyl (C=O) groups excluding carboxylic acids is 1. The van der Waals surface area contributed by atoms with Gasteiger partial charge in [-0.1, -0.05) is 46.9 Å². The molecular formula is C10H10Cl3NO2. The van der Waals surface area contributed by atoms with Crippen molar-refractivity contribution in [2.45, 2.75) is 10.7 Å². The number of amides is 1. The molecule has 88 valence electrons. The maximum Gasteiger partial charge on any atom is 0.411 e. The minimum Gasteiger partial charge on any atom is -0.445 e. The molecule has 0 saturated carbocycles. The van der Waals surface area contributed by atoms with Gasteiger partial charge in [-0.15, -0.1) is 0 Å². The van der Waals surface area contributed by atoms with Crippen LogP contribution in [0.5, 0.6) is 0 Å². The van der Waals surface area contributed by atoms with Gasteiger partial charge in [-0.2, -0.15) is 0 Å². The summed E-state index contributed by atoms with van der Waals surface area (Å²) in [5.74, 6) is 0. The molecule has 6 heteroatoms. The summed E-state index contributed by atoms with van der Waals surface area (Å²) in [4.78, 5) is 11.3. The third-order valence-corrected chi connectivity index (χ3v) is 1.96. The number of ether oxygens (including phenoxy) is 1. The van der Waals surface area contributed by atoms with E-state index in [1.54, 1.807) is 12.1 Å². The van der Waals surface area contributed by atoms with Gasteiger partial charge < -0.3 is 4.74 Å². The summed E-state index contributed by atoms with van der Waals surface area (Å²) in [6.45, 7) is 1.62. The van der Waals surface area contributed by atoms with Crippen molar-refractivity contribution in [3.63, 3.8) is 0 Å². The minimum absolute atomic E-state index is 0.296. The van der Waals surface area contributed by atoms with Gasteiger partial charge in [0, 0.05) is 5.69 Å². The molecule has 1 aromatic rings. The molecule has 0 aliphatic rings. The Morgan fingerprint density at radius 1 is 1.44 bits per heavy atom. The summed E-state index contributed by atoms with van der Waals surface area (Å²) in [5.41, 5.74) is 1.66. The molecule has 0 aromatic heterocycles. The van der Waals surface area contributed by atoms with Crippen LogP contribution in [0.3, 0.4) is 0 Å². The van der Waals surface area contributed by atoms with Gasteiger partial charge in [-0.3, -0.25) is 5.32 Å². The van der Waals surface area contributed by atoms with E-state index < -0.39 is 9.89 Å². The third kappa shape index (κ3) is 5.45. The second-order valence-corrected chi connectivity index (χ2v) is 5.70. The van der Waals surface area contributed by atoms with Crippen LogP contribution in [0.2, 0.25) is 0 Å². The molecule has 1 N–H and O–H groups in total. The normalized spacial score (nSPS) is 11.0. The standard InChI is InChI=1S/C10H10Cl3NO2/c1-7-3-2-4-8(5-7)14-9(15)16-6-10(11,12)13/h2-5H,6H2,1H3,(H,14,15). The van der Waals surface area contributed by atoms with Crippen molar-refractivity contribution in [1.82, 2.24) is 0 Å². The fourth-order valence-corrected chi connectivity index (χ4v) is 1.19. The van der Waals surface area contributed by atoms with E-state index in [2.05, 4.69) is 5.32 Å². The van der Waals surface area contributed by atoms with Crippen LogP contribution >= 0.6 is 34.8 Å². The third-order valence-electron chi connectivity index (χ3n) is 1.63. The smallest absolute Gasteiger partial charge is 0.411 e. The van der Waals surface area contributed by atoms with E-state index in [1.807, 2.05) is 19.1 Å². The SMILES string of the molecule is Cc1cccc(NC(=O)OCC(Cl)(Cl)Cl)c1. The molecule has 0 aliphatic carbocycles. The Bertz CT molecular complexity index is 377. The number of hydrogen-bond acceptors (Lipinski definition) is 2. The summed E-state index contributed by atoms with van der Waals surface area (Å²) in [6, 6.07) is 7.28. The number of rotatable bonds is 2. The van der Waals surface area contributed by atoms with Gasteiger partial charge in [-0.05, 0) is 24.6 Å². The number of alkyl halides is 3. The van der Waals surface area contributed by atoms with Crippen LogP contribution in [-0.2, 0) is 4.74 Å². The van der Waals surface area contributed by atoms with Crippen LogP contribution < -0.4 is 5.32 Å². The average molecular weight is 283 g/mol. The van der Waals surface area contributed by atoms with E-state index in [4.69, 9.17) is 39.5 Å². The lowest BCUT2D eigenvalue weighted by atomic mass is 10.2. The number of anilines is 1. The highest BCUT2D eigenvalue weighted by molar-refractivity contribution is 6.67. The highest BCUT2D eigenvalue weighted by Gasteiger charge is 2.22. The van der Waals surface area contributed by atoms with Crippen LogP contribution in [0.25, 0.3) is 0 Å². The van der Waals surface area contributed by atoms with E-state index in [0.29, 0.717) is 5.69 Å². The molecule has 0 heterocycles. The predicted molar refractivity (Wildman–Crippen MR) is 66.4 cm³/mol. The fraction of sp³-hybridized carbons (Fsp3) is 0.300. The molecule has 0 aliphatic heterocycles. The van der Waals surface area contributed by atoms with Gasteiger partial charge in [0.05, 0.1) is 0 Å². The van der Waals surface area contributed by atoms with Crippen LogP contribution in [0.1, 0.15) is 5.56 Å². The summed E-state index contributed by atoms with van der Waals surface area (Å²) in [6.07, 6.45) is -0.656. The molecule has 3 nitrogen and oxygen atoms in total. The highest BCUT2D eigenvalue weighted by atomic mass is 35.6. The summed E-state index contributed by atoms with van der Waals surface area (Å²) in [5, 5.41) is 2.52. The maximum absolute atomic E-state index is 11.3. The summed E-state index contributed by atoms with van der Waals surface area (Å²) in [7, 11) is 0. The molecule has 0 fully saturated rings. The van der Waals surface area contributed by atoms with E-state index >= 15 is 0 Å². The molecule has 1 rings (SSSR count). The minimum atomic E-state index is -1.59. The van der Waals surface area contributed by atoms with Crippen molar-refractivity contribution in [2.24, 2.45) is 0 Å². The van der Waals surface area contributed by atoms with Crippen molar-refractivity contribution in [1.29, 1.82) is 0 Å². The number of benzene rings is 1. The van der Waals surface area contributed by atoms with Gasteiger partial charge >= 0.3 is 6.09 Å². The lowest BCUT2D eigenvalue weighted by Crippen LogP contribution is -2.21. The summed E-state index contributed by atoms with van der Waals surface area (Å²) >= 11 is 16.3. The Balaban J connectivity index is 2.46. The van der Waals surface area contributed by atoms with E-state index in [0.717, 1.165) is 5.56 Å². The number of halogens is 3. The number of hydrogen-bond donors (Lipinski definition) is 1. The molecule has 0 radical (unpaired) electrons. The van der Waals surface area contributed by atoms with Crippen LogP contribution in [0.4, 0.5) is 10.5 Å². The molecule has 0 bridgehead atoms. The largest absolute Gasteiger partial charge is 0.445 e. The Morgan fingerprint density at radius 2 is 2.12 bits per heavy atom. The Kier molecular flexibility index (Phi) is 4.71. The fourth-order valence-electron chi connectivity index (χ4n) is 1.02. The molecule has 0 atom stereocenters. The maximum atomic E-state index is 11.3. The molecule has 1 aromatic carbocycles. The van der Waals surface area contributed by atoms with Gasteiger partial charge in [0.1, 0.15) is 6.61 Å². The van der Waals surface area contributed by atoms with Gasteiger partial charge in [-0.25, -0.2) is 4.79 Å². The van der Waals surface area contributed by atoms with Crippen LogP contribution in [-0.4, -0.2) is 16.5 Å². The van der Waals surface area contributed by atoms with Crippen molar-refractivity contribution in [2.75, 3.05) is 11.9 Å². The van der Waals surface area contributed by atoms with Crippen molar-refractivity contribution in [3.05, 3.63) is 29.8 Å². The van der Waals surface area contributed by atoms with Crippen molar-refractivity contribution >= 4 is 46.6 Å². The van der Waals surface area contributed by atoms with Crippen LogP contribution in [0, 0.1) is 6.92 Å². The Labute approximate surface area is 109 Å². The van der Waals surface area contributed by atoms with E-state index in [9.17, 15) is 4.79 Å². The van der Waals surface area contributed by atoms with Gasteiger partial charge in [0.15, 0.2) is 0 Å². The number of aryl methyl sites for hydroxylation is 1. The van der Waals surface area contributed by atoms with Crippen LogP contribution in [0.15, 0.2) is 24.3 Å². The van der Waals surface area contributed by atoms with Gasteiger partial charge in [0.25, 0.3) is 0 Å². The number of carbonyl (C=O) groups is 1. The zero-order chi connectivity index (χ0) is 12.2. The Morgan fingerprint density at radius 3 is 2.69 bits per heavy atom.